The van der Waals surface area contributed by atoms with Crippen molar-refractivity contribution in [1.29, 1.82) is 0 Å². The molecule has 0 aliphatic carbocycles. The fourth-order valence-electron chi connectivity index (χ4n) is 1.96. The summed E-state index contributed by atoms with van der Waals surface area (Å²) < 4.78 is 20.6. The highest BCUT2D eigenvalue weighted by atomic mass is 127. The van der Waals surface area contributed by atoms with Crippen LogP contribution in [0, 0.1) is 9.39 Å². The quantitative estimate of drug-likeness (QED) is 0.755. The van der Waals surface area contributed by atoms with Crippen LogP contribution in [0.5, 0.6) is 5.75 Å². The minimum Gasteiger partial charge on any atom is -0.483 e. The Bertz CT molecular complexity index is 547. The normalized spacial score (nSPS) is 12.2. The summed E-state index contributed by atoms with van der Waals surface area (Å²) in [6.07, 6.45) is 0.629. The Morgan fingerprint density at radius 1 is 1.20 bits per heavy atom. The third-order valence-corrected chi connectivity index (χ3v) is 3.66. The molecule has 1 unspecified atom stereocenters. The van der Waals surface area contributed by atoms with Gasteiger partial charge in [0.25, 0.3) is 0 Å². The monoisotopic (exact) mass is 385 g/mol. The van der Waals surface area contributed by atoms with Crippen LogP contribution in [0.3, 0.4) is 0 Å². The highest BCUT2D eigenvalue weighted by Crippen LogP contribution is 2.27. The van der Waals surface area contributed by atoms with Crippen LogP contribution in [-0.2, 0) is 0 Å². The number of nitrogens with one attached hydrogen (secondary N) is 1. The van der Waals surface area contributed by atoms with E-state index in [0.29, 0.717) is 5.75 Å². The summed E-state index contributed by atoms with van der Waals surface area (Å²) in [5, 5.41) is 3.10. The van der Waals surface area contributed by atoms with E-state index in [2.05, 4.69) is 27.9 Å². The third kappa shape index (κ3) is 4.18. The maximum absolute atomic E-state index is 13.9. The molecule has 0 saturated carbocycles. The maximum Gasteiger partial charge on any atom is 0.166 e. The van der Waals surface area contributed by atoms with Gasteiger partial charge in [-0.2, -0.15) is 0 Å². The van der Waals surface area contributed by atoms with Crippen molar-refractivity contribution in [3.63, 3.8) is 0 Å². The topological polar surface area (TPSA) is 21.3 Å². The van der Waals surface area contributed by atoms with Crippen molar-refractivity contribution in [2.75, 3.05) is 13.6 Å². The minimum atomic E-state index is -0.317. The summed E-state index contributed by atoms with van der Waals surface area (Å²) in [5.41, 5.74) is 1.06. The van der Waals surface area contributed by atoms with Gasteiger partial charge in [0.2, 0.25) is 0 Å². The fraction of sp³-hybridized carbons (Fsp3) is 0.250. The molecule has 20 heavy (non-hydrogen) atoms. The molecular formula is C16H17FINO. The molecule has 0 radical (unpaired) electrons. The lowest BCUT2D eigenvalue weighted by atomic mass is 10.1. The summed E-state index contributed by atoms with van der Waals surface area (Å²) in [7, 11) is 1.90. The number of hydrogen-bond donors (Lipinski definition) is 1. The fourth-order valence-corrected chi connectivity index (χ4v) is 2.41. The van der Waals surface area contributed by atoms with Crippen LogP contribution in [0.2, 0.25) is 0 Å². The van der Waals surface area contributed by atoms with Crippen LogP contribution in [0.25, 0.3) is 0 Å². The van der Waals surface area contributed by atoms with Gasteiger partial charge in [-0.3, -0.25) is 0 Å². The van der Waals surface area contributed by atoms with Crippen molar-refractivity contribution < 1.29 is 9.13 Å². The summed E-state index contributed by atoms with van der Waals surface area (Å²) in [6.45, 7) is 0.811. The van der Waals surface area contributed by atoms with Gasteiger partial charge in [0.05, 0.1) is 0 Å². The molecule has 0 aromatic heterocycles. The van der Waals surface area contributed by atoms with Crippen LogP contribution in [0.1, 0.15) is 18.1 Å². The second-order valence-corrected chi connectivity index (χ2v) is 5.73. The zero-order valence-corrected chi connectivity index (χ0v) is 13.4. The van der Waals surface area contributed by atoms with Gasteiger partial charge in [-0.25, -0.2) is 4.39 Å². The lowest BCUT2D eigenvalue weighted by Gasteiger charge is -2.20. The van der Waals surface area contributed by atoms with E-state index < -0.39 is 0 Å². The molecule has 4 heteroatoms. The molecule has 0 amide bonds. The molecule has 2 rings (SSSR count). The molecule has 2 nitrogen and oxygen atoms in total. The number of halogens is 2. The average molecular weight is 385 g/mol. The first-order valence-electron chi connectivity index (χ1n) is 6.52. The Balaban J connectivity index is 2.19. The number of rotatable bonds is 6. The second kappa shape index (κ2) is 7.59. The van der Waals surface area contributed by atoms with Crippen molar-refractivity contribution >= 4 is 22.6 Å². The predicted molar refractivity (Wildman–Crippen MR) is 87.5 cm³/mol. The summed E-state index contributed by atoms with van der Waals surface area (Å²) in [6, 6.07) is 14.9. The Morgan fingerprint density at radius 3 is 2.60 bits per heavy atom. The number of ether oxygens (including phenoxy) is 1. The van der Waals surface area contributed by atoms with Crippen molar-refractivity contribution in [2.24, 2.45) is 0 Å². The van der Waals surface area contributed by atoms with Crippen LogP contribution in [0.15, 0.2) is 48.5 Å². The zero-order valence-electron chi connectivity index (χ0n) is 11.3. The van der Waals surface area contributed by atoms with Gasteiger partial charge in [0, 0.05) is 9.99 Å². The van der Waals surface area contributed by atoms with E-state index in [0.717, 1.165) is 22.1 Å². The van der Waals surface area contributed by atoms with E-state index in [1.165, 1.54) is 6.07 Å². The molecule has 0 fully saturated rings. The van der Waals surface area contributed by atoms with Crippen molar-refractivity contribution in [2.45, 2.75) is 12.5 Å². The highest BCUT2D eigenvalue weighted by molar-refractivity contribution is 14.1. The van der Waals surface area contributed by atoms with Gasteiger partial charge in [-0.1, -0.05) is 30.3 Å². The van der Waals surface area contributed by atoms with Crippen LogP contribution in [0.4, 0.5) is 4.39 Å². The van der Waals surface area contributed by atoms with Gasteiger partial charge in [-0.05, 0) is 59.9 Å². The smallest absolute Gasteiger partial charge is 0.166 e. The minimum absolute atomic E-state index is 0.154. The molecule has 2 aromatic rings. The molecule has 0 spiro atoms. The van der Waals surface area contributed by atoms with Gasteiger partial charge >= 0.3 is 0 Å². The maximum atomic E-state index is 13.9. The Kier molecular flexibility index (Phi) is 5.79. The molecule has 0 heterocycles. The molecule has 106 valence electrons. The van der Waals surface area contributed by atoms with E-state index in [-0.39, 0.29) is 11.9 Å². The molecule has 1 N–H and O–H groups in total. The second-order valence-electron chi connectivity index (χ2n) is 4.48. The van der Waals surface area contributed by atoms with Crippen molar-refractivity contribution in [1.82, 2.24) is 5.32 Å². The molecule has 0 aliphatic heterocycles. The first-order valence-corrected chi connectivity index (χ1v) is 7.60. The standard InChI is InChI=1S/C16H17FINO/c1-19-10-9-15(12-5-3-2-4-6-12)20-16-8-7-13(18)11-14(16)17/h2-8,11,15,19H,9-10H2,1H3. The SMILES string of the molecule is CNCCC(Oc1ccc(I)cc1F)c1ccccc1. The van der Waals surface area contributed by atoms with Crippen molar-refractivity contribution in [3.8, 4) is 5.75 Å². The van der Waals surface area contributed by atoms with E-state index in [1.807, 2.05) is 43.4 Å². The number of hydrogen-bond acceptors (Lipinski definition) is 2. The van der Waals surface area contributed by atoms with Gasteiger partial charge in [0.15, 0.2) is 11.6 Å². The first kappa shape index (κ1) is 15.3. The van der Waals surface area contributed by atoms with Crippen LogP contribution in [-0.4, -0.2) is 13.6 Å². The molecular weight excluding hydrogens is 368 g/mol. The van der Waals surface area contributed by atoms with E-state index in [1.54, 1.807) is 6.07 Å². The Morgan fingerprint density at radius 2 is 1.95 bits per heavy atom. The molecule has 0 aliphatic rings. The molecule has 2 aromatic carbocycles. The van der Waals surface area contributed by atoms with E-state index in [9.17, 15) is 4.39 Å². The summed E-state index contributed by atoms with van der Waals surface area (Å²) in [4.78, 5) is 0. The van der Waals surface area contributed by atoms with E-state index in [4.69, 9.17) is 4.74 Å². The van der Waals surface area contributed by atoms with Gasteiger partial charge in [-0.15, -0.1) is 0 Å². The van der Waals surface area contributed by atoms with Crippen molar-refractivity contribution in [3.05, 3.63) is 63.5 Å². The molecule has 1 atom stereocenters. The zero-order chi connectivity index (χ0) is 14.4. The Labute approximate surface area is 132 Å². The molecule has 0 saturated heterocycles. The summed E-state index contributed by atoms with van der Waals surface area (Å²) in [5.74, 6) is -0.0161. The van der Waals surface area contributed by atoms with Crippen LogP contribution < -0.4 is 10.1 Å². The largest absolute Gasteiger partial charge is 0.483 e. The van der Waals surface area contributed by atoms with Gasteiger partial charge < -0.3 is 10.1 Å². The molecule has 0 bridgehead atoms. The van der Waals surface area contributed by atoms with Crippen LogP contribution >= 0.6 is 22.6 Å². The Hall–Kier alpha value is -1.14. The van der Waals surface area contributed by atoms with E-state index >= 15 is 0 Å². The predicted octanol–water partition coefficient (Wildman–Crippen LogP) is 4.16. The lowest BCUT2D eigenvalue weighted by Crippen LogP contribution is -2.16. The first-order chi connectivity index (χ1) is 9.70. The lowest BCUT2D eigenvalue weighted by molar-refractivity contribution is 0.186. The highest BCUT2D eigenvalue weighted by Gasteiger charge is 2.15. The summed E-state index contributed by atoms with van der Waals surface area (Å²) >= 11 is 2.08. The third-order valence-electron chi connectivity index (χ3n) is 2.99. The van der Waals surface area contributed by atoms with Gasteiger partial charge in [0.1, 0.15) is 6.10 Å². The number of benzene rings is 2. The average Bonchev–Trinajstić information content (AvgIpc) is 2.46.